The van der Waals surface area contributed by atoms with E-state index in [9.17, 15) is 9.59 Å². The number of piperidine rings is 1. The van der Waals surface area contributed by atoms with Crippen LogP contribution in [0.5, 0.6) is 0 Å². The summed E-state index contributed by atoms with van der Waals surface area (Å²) in [5, 5.41) is 0. The third-order valence-electron chi connectivity index (χ3n) is 5.30. The molecule has 0 bridgehead atoms. The van der Waals surface area contributed by atoms with Gasteiger partial charge >= 0.3 is 0 Å². The monoisotopic (exact) mass is 278 g/mol. The second-order valence-electron chi connectivity index (χ2n) is 6.76. The number of hydrogen-bond acceptors (Lipinski definition) is 2. The Balaban J connectivity index is 1.49. The second kappa shape index (κ2) is 5.74. The van der Waals surface area contributed by atoms with Gasteiger partial charge in [0.25, 0.3) is 0 Å². The number of carbonyl (C=O) groups excluding carboxylic acids is 2. The molecular weight excluding hydrogens is 252 g/mol. The Kier molecular flexibility index (Phi) is 3.99. The van der Waals surface area contributed by atoms with Gasteiger partial charge < -0.3 is 9.80 Å². The summed E-state index contributed by atoms with van der Waals surface area (Å²) in [5.41, 5.74) is 0. The Hall–Kier alpha value is -1.06. The zero-order valence-electron chi connectivity index (χ0n) is 12.5. The highest BCUT2D eigenvalue weighted by Gasteiger charge is 2.37. The first kappa shape index (κ1) is 13.9. The fraction of sp³-hybridized carbons (Fsp3) is 0.875. The zero-order valence-corrected chi connectivity index (χ0v) is 12.5. The molecule has 3 rings (SSSR count). The normalized spacial score (nSPS) is 24.9. The smallest absolute Gasteiger partial charge is 0.225 e. The highest BCUT2D eigenvalue weighted by atomic mass is 16.2. The summed E-state index contributed by atoms with van der Waals surface area (Å²) in [6, 6.07) is 0.466. The molecule has 3 fully saturated rings. The summed E-state index contributed by atoms with van der Waals surface area (Å²) in [6.45, 7) is 1.56. The lowest BCUT2D eigenvalue weighted by Crippen LogP contribution is -2.45. The van der Waals surface area contributed by atoms with Crippen LogP contribution < -0.4 is 0 Å². The molecule has 1 heterocycles. The van der Waals surface area contributed by atoms with Crippen LogP contribution >= 0.6 is 0 Å². The summed E-state index contributed by atoms with van der Waals surface area (Å²) in [6.07, 6.45) is 8.71. The van der Waals surface area contributed by atoms with E-state index in [-0.39, 0.29) is 5.92 Å². The maximum absolute atomic E-state index is 12.5. The van der Waals surface area contributed by atoms with Gasteiger partial charge in [0.15, 0.2) is 0 Å². The van der Waals surface area contributed by atoms with E-state index in [1.807, 2.05) is 16.8 Å². The fourth-order valence-corrected chi connectivity index (χ4v) is 3.69. The Morgan fingerprint density at radius 2 is 1.50 bits per heavy atom. The third kappa shape index (κ3) is 2.84. The third-order valence-corrected chi connectivity index (χ3v) is 5.30. The molecule has 112 valence electrons. The summed E-state index contributed by atoms with van der Waals surface area (Å²) in [5.74, 6) is 1.10. The standard InChI is InChI=1S/C16H26N2O2/c1-17(14-4-2-3-5-14)15(19)13-8-10-18(11-9-13)16(20)12-6-7-12/h12-14H,2-11H2,1H3. The van der Waals surface area contributed by atoms with Crippen molar-refractivity contribution < 1.29 is 9.59 Å². The molecule has 0 aromatic heterocycles. The summed E-state index contributed by atoms with van der Waals surface area (Å²) in [7, 11) is 1.97. The van der Waals surface area contributed by atoms with E-state index in [4.69, 9.17) is 0 Å². The van der Waals surface area contributed by atoms with Gasteiger partial charge in [-0.15, -0.1) is 0 Å². The first-order valence-corrected chi connectivity index (χ1v) is 8.22. The Bertz CT molecular complexity index is 378. The van der Waals surface area contributed by atoms with Crippen LogP contribution in [0.2, 0.25) is 0 Å². The number of nitrogens with zero attached hydrogens (tertiary/aromatic N) is 2. The molecule has 0 atom stereocenters. The first-order chi connectivity index (χ1) is 9.66. The molecule has 20 heavy (non-hydrogen) atoms. The van der Waals surface area contributed by atoms with E-state index in [0.717, 1.165) is 38.8 Å². The van der Waals surface area contributed by atoms with Crippen molar-refractivity contribution in [2.45, 2.75) is 57.4 Å². The molecule has 4 nitrogen and oxygen atoms in total. The van der Waals surface area contributed by atoms with Crippen molar-refractivity contribution in [3.8, 4) is 0 Å². The van der Waals surface area contributed by atoms with Crippen molar-refractivity contribution in [1.82, 2.24) is 9.80 Å². The average Bonchev–Trinajstić information content (AvgIpc) is 3.20. The highest BCUT2D eigenvalue weighted by molar-refractivity contribution is 5.82. The fourth-order valence-electron chi connectivity index (χ4n) is 3.69. The summed E-state index contributed by atoms with van der Waals surface area (Å²) >= 11 is 0. The van der Waals surface area contributed by atoms with E-state index in [1.54, 1.807) is 0 Å². The molecule has 1 aliphatic heterocycles. The molecule has 3 aliphatic rings. The summed E-state index contributed by atoms with van der Waals surface area (Å²) in [4.78, 5) is 28.5. The van der Waals surface area contributed by atoms with Gasteiger partial charge in [0.05, 0.1) is 0 Å². The molecule has 1 saturated heterocycles. The molecule has 0 spiro atoms. The van der Waals surface area contributed by atoms with Crippen LogP contribution in [0.25, 0.3) is 0 Å². The molecule has 2 amide bonds. The number of carbonyl (C=O) groups is 2. The largest absolute Gasteiger partial charge is 0.343 e. The number of amides is 2. The molecule has 4 heteroatoms. The van der Waals surface area contributed by atoms with Crippen molar-refractivity contribution in [2.75, 3.05) is 20.1 Å². The van der Waals surface area contributed by atoms with E-state index in [2.05, 4.69) is 0 Å². The molecule has 0 N–H and O–H groups in total. The van der Waals surface area contributed by atoms with Crippen LogP contribution in [-0.4, -0.2) is 47.8 Å². The highest BCUT2D eigenvalue weighted by Crippen LogP contribution is 2.33. The lowest BCUT2D eigenvalue weighted by atomic mass is 9.94. The van der Waals surface area contributed by atoms with Crippen LogP contribution in [-0.2, 0) is 9.59 Å². The molecule has 0 aromatic carbocycles. The average molecular weight is 278 g/mol. The van der Waals surface area contributed by atoms with E-state index in [1.165, 1.54) is 25.7 Å². The predicted octanol–water partition coefficient (Wildman–Crippen LogP) is 2.04. The van der Waals surface area contributed by atoms with Crippen LogP contribution in [0.15, 0.2) is 0 Å². The maximum Gasteiger partial charge on any atom is 0.225 e. The second-order valence-corrected chi connectivity index (χ2v) is 6.76. The molecule has 0 unspecified atom stereocenters. The summed E-state index contributed by atoms with van der Waals surface area (Å²) < 4.78 is 0. The molecular formula is C16H26N2O2. The minimum atomic E-state index is 0.142. The van der Waals surface area contributed by atoms with Crippen molar-refractivity contribution in [1.29, 1.82) is 0 Å². The van der Waals surface area contributed by atoms with Gasteiger partial charge in [-0.25, -0.2) is 0 Å². The first-order valence-electron chi connectivity index (χ1n) is 8.22. The number of rotatable bonds is 3. The molecule has 0 radical (unpaired) electrons. The quantitative estimate of drug-likeness (QED) is 0.792. The van der Waals surface area contributed by atoms with E-state index >= 15 is 0 Å². The van der Waals surface area contributed by atoms with Gasteiger partial charge in [-0.2, -0.15) is 0 Å². The lowest BCUT2D eigenvalue weighted by molar-refractivity contribution is -0.141. The van der Waals surface area contributed by atoms with Crippen LogP contribution in [0.3, 0.4) is 0 Å². The van der Waals surface area contributed by atoms with Gasteiger partial charge in [-0.05, 0) is 38.5 Å². The van der Waals surface area contributed by atoms with Crippen LogP contribution in [0.1, 0.15) is 51.4 Å². The van der Waals surface area contributed by atoms with Crippen molar-refractivity contribution >= 4 is 11.8 Å². The SMILES string of the molecule is CN(C(=O)C1CCN(C(=O)C2CC2)CC1)C1CCCC1. The van der Waals surface area contributed by atoms with Gasteiger partial charge in [-0.1, -0.05) is 12.8 Å². The predicted molar refractivity (Wildman–Crippen MR) is 77.1 cm³/mol. The van der Waals surface area contributed by atoms with Crippen LogP contribution in [0, 0.1) is 11.8 Å². The van der Waals surface area contributed by atoms with Gasteiger partial charge in [-0.3, -0.25) is 9.59 Å². The van der Waals surface area contributed by atoms with Crippen molar-refractivity contribution in [3.63, 3.8) is 0 Å². The zero-order chi connectivity index (χ0) is 14.1. The topological polar surface area (TPSA) is 40.6 Å². The Labute approximate surface area is 121 Å². The van der Waals surface area contributed by atoms with Crippen molar-refractivity contribution in [3.05, 3.63) is 0 Å². The van der Waals surface area contributed by atoms with E-state index in [0.29, 0.717) is 23.8 Å². The molecule has 2 saturated carbocycles. The van der Waals surface area contributed by atoms with E-state index < -0.39 is 0 Å². The Morgan fingerprint density at radius 1 is 0.900 bits per heavy atom. The Morgan fingerprint density at radius 3 is 2.05 bits per heavy atom. The van der Waals surface area contributed by atoms with Gasteiger partial charge in [0.1, 0.15) is 0 Å². The molecule has 2 aliphatic carbocycles. The van der Waals surface area contributed by atoms with Gasteiger partial charge in [0.2, 0.25) is 11.8 Å². The minimum absolute atomic E-state index is 0.142. The van der Waals surface area contributed by atoms with Crippen molar-refractivity contribution in [2.24, 2.45) is 11.8 Å². The molecule has 0 aromatic rings. The number of hydrogen-bond donors (Lipinski definition) is 0. The van der Waals surface area contributed by atoms with Gasteiger partial charge in [0, 0.05) is 38.0 Å². The van der Waals surface area contributed by atoms with Crippen LogP contribution in [0.4, 0.5) is 0 Å². The minimum Gasteiger partial charge on any atom is -0.343 e. The lowest BCUT2D eigenvalue weighted by Gasteiger charge is -2.35. The number of likely N-dealkylation sites (tertiary alicyclic amines) is 1. The maximum atomic E-state index is 12.5.